The Morgan fingerprint density at radius 1 is 0.844 bits per heavy atom. The number of methoxy groups -OCH3 is 2. The first-order chi connectivity index (χ1) is 15.6. The number of carbonyl (C=O) groups is 1. The van der Waals surface area contributed by atoms with Gasteiger partial charge in [-0.15, -0.1) is 0 Å². The van der Waals surface area contributed by atoms with Crippen molar-refractivity contribution in [2.75, 3.05) is 14.2 Å². The molecular weight excluding hydrogens is 406 g/mol. The quantitative estimate of drug-likeness (QED) is 0.329. The highest BCUT2D eigenvalue weighted by atomic mass is 16.5. The average molecular weight is 429 g/mol. The molecule has 4 rings (SSSR count). The lowest BCUT2D eigenvalue weighted by molar-refractivity contribution is 0.101. The normalized spacial score (nSPS) is 10.6. The number of hydrogen-bond donors (Lipinski definition) is 0. The Hall–Kier alpha value is -4.06. The van der Waals surface area contributed by atoms with Crippen molar-refractivity contribution in [3.63, 3.8) is 0 Å². The van der Waals surface area contributed by atoms with E-state index in [0.717, 1.165) is 10.9 Å². The van der Waals surface area contributed by atoms with Crippen molar-refractivity contribution in [1.29, 1.82) is 0 Å². The van der Waals surface area contributed by atoms with E-state index in [0.29, 0.717) is 46.4 Å². The lowest BCUT2D eigenvalue weighted by Crippen LogP contribution is -2.00. The number of nitrogens with zero attached hydrogens (tertiary/aromatic N) is 1. The molecule has 1 heterocycles. The van der Waals surface area contributed by atoms with Gasteiger partial charge in [-0.25, -0.2) is 0 Å². The molecule has 0 aliphatic rings. The zero-order chi connectivity index (χ0) is 22.5. The third kappa shape index (κ3) is 4.49. The van der Waals surface area contributed by atoms with Crippen molar-refractivity contribution in [2.24, 2.45) is 0 Å². The van der Waals surface area contributed by atoms with Gasteiger partial charge in [0.2, 0.25) is 0 Å². The summed E-state index contributed by atoms with van der Waals surface area (Å²) >= 11 is 0. The van der Waals surface area contributed by atoms with Crippen LogP contribution in [-0.4, -0.2) is 25.0 Å². The summed E-state index contributed by atoms with van der Waals surface area (Å²) in [5.74, 6) is 2.61. The Bertz CT molecular complexity index is 1250. The van der Waals surface area contributed by atoms with Gasteiger partial charge in [0.15, 0.2) is 17.3 Å². The molecule has 1 aromatic heterocycles. The summed E-state index contributed by atoms with van der Waals surface area (Å²) in [5, 5.41) is 0.738. The number of ketones is 1. The predicted molar refractivity (Wildman–Crippen MR) is 122 cm³/mol. The number of ether oxygens (including phenoxy) is 4. The molecule has 0 aliphatic heterocycles. The van der Waals surface area contributed by atoms with E-state index in [1.54, 1.807) is 44.7 Å². The molecule has 0 radical (unpaired) electrons. The molecule has 6 heteroatoms. The summed E-state index contributed by atoms with van der Waals surface area (Å²) < 4.78 is 22.9. The van der Waals surface area contributed by atoms with Crippen molar-refractivity contribution in [3.05, 3.63) is 84.1 Å². The van der Waals surface area contributed by atoms with Crippen LogP contribution in [0.25, 0.3) is 10.9 Å². The average Bonchev–Trinajstić information content (AvgIpc) is 2.83. The van der Waals surface area contributed by atoms with Gasteiger partial charge in [-0.3, -0.25) is 9.78 Å². The fourth-order valence-electron chi connectivity index (χ4n) is 3.34. The Morgan fingerprint density at radius 2 is 1.66 bits per heavy atom. The van der Waals surface area contributed by atoms with E-state index in [-0.39, 0.29) is 5.78 Å². The first-order valence-electron chi connectivity index (χ1n) is 10.1. The van der Waals surface area contributed by atoms with Gasteiger partial charge in [-0.2, -0.15) is 0 Å². The molecule has 0 N–H and O–H groups in total. The first kappa shape index (κ1) is 21.2. The summed E-state index contributed by atoms with van der Waals surface area (Å²) in [7, 11) is 3.14. The van der Waals surface area contributed by atoms with Gasteiger partial charge < -0.3 is 18.9 Å². The molecule has 0 spiro atoms. The minimum Gasteiger partial charge on any atom is -0.497 e. The van der Waals surface area contributed by atoms with Crippen LogP contribution in [0.1, 0.15) is 22.8 Å². The summed E-state index contributed by atoms with van der Waals surface area (Å²) in [5.41, 5.74) is 2.17. The topological polar surface area (TPSA) is 66.9 Å². The van der Waals surface area contributed by atoms with Gasteiger partial charge in [0.05, 0.1) is 25.3 Å². The van der Waals surface area contributed by atoms with Crippen LogP contribution in [-0.2, 0) is 6.61 Å². The standard InChI is InChI=1S/C26H23NO5/c1-17(28)20-13-19(29-2)9-10-23(20)32-24-11-12-27-22-15-26(25(30-3)14-21(22)24)31-16-18-7-5-4-6-8-18/h4-15H,16H2,1-3H3. The van der Waals surface area contributed by atoms with Gasteiger partial charge >= 0.3 is 0 Å². The highest BCUT2D eigenvalue weighted by Crippen LogP contribution is 2.38. The van der Waals surface area contributed by atoms with E-state index in [4.69, 9.17) is 18.9 Å². The van der Waals surface area contributed by atoms with Crippen LogP contribution in [0.15, 0.2) is 72.9 Å². The minimum absolute atomic E-state index is 0.119. The smallest absolute Gasteiger partial charge is 0.163 e. The minimum atomic E-state index is -0.119. The maximum absolute atomic E-state index is 12.1. The number of rotatable bonds is 8. The molecule has 0 saturated carbocycles. The van der Waals surface area contributed by atoms with Gasteiger partial charge in [-0.05, 0) is 42.8 Å². The number of carbonyl (C=O) groups excluding carboxylic acids is 1. The Balaban J connectivity index is 1.69. The molecule has 0 atom stereocenters. The van der Waals surface area contributed by atoms with Crippen LogP contribution >= 0.6 is 0 Å². The number of benzene rings is 3. The lowest BCUT2D eigenvalue weighted by atomic mass is 10.1. The summed E-state index contributed by atoms with van der Waals surface area (Å²) in [6, 6.07) is 20.4. The van der Waals surface area contributed by atoms with E-state index < -0.39 is 0 Å². The van der Waals surface area contributed by atoms with Crippen molar-refractivity contribution in [2.45, 2.75) is 13.5 Å². The third-order valence-electron chi connectivity index (χ3n) is 5.01. The number of pyridine rings is 1. The van der Waals surface area contributed by atoms with E-state index in [1.165, 1.54) is 6.92 Å². The van der Waals surface area contributed by atoms with Crippen LogP contribution in [0, 0.1) is 0 Å². The molecular formula is C26H23NO5. The summed E-state index contributed by atoms with van der Waals surface area (Å²) in [6.45, 7) is 1.90. The van der Waals surface area contributed by atoms with E-state index in [1.807, 2.05) is 42.5 Å². The molecule has 32 heavy (non-hydrogen) atoms. The molecule has 0 bridgehead atoms. The molecule has 0 aliphatic carbocycles. The molecule has 0 fully saturated rings. The molecule has 0 amide bonds. The van der Waals surface area contributed by atoms with Crippen LogP contribution < -0.4 is 18.9 Å². The molecule has 162 valence electrons. The van der Waals surface area contributed by atoms with Crippen molar-refractivity contribution in [1.82, 2.24) is 4.98 Å². The van der Waals surface area contributed by atoms with Crippen LogP contribution in [0.4, 0.5) is 0 Å². The van der Waals surface area contributed by atoms with E-state index in [9.17, 15) is 4.79 Å². The maximum atomic E-state index is 12.1. The fraction of sp³-hybridized carbons (Fsp3) is 0.154. The van der Waals surface area contributed by atoms with Crippen LogP contribution in [0.2, 0.25) is 0 Å². The maximum Gasteiger partial charge on any atom is 0.163 e. The van der Waals surface area contributed by atoms with Crippen LogP contribution in [0.3, 0.4) is 0 Å². The number of hydrogen-bond acceptors (Lipinski definition) is 6. The molecule has 6 nitrogen and oxygen atoms in total. The Kier molecular flexibility index (Phi) is 6.22. The number of fused-ring (bicyclic) bond motifs is 1. The van der Waals surface area contributed by atoms with Gasteiger partial charge in [0.1, 0.15) is 23.9 Å². The van der Waals surface area contributed by atoms with Crippen molar-refractivity contribution >= 4 is 16.7 Å². The molecule has 0 saturated heterocycles. The largest absolute Gasteiger partial charge is 0.497 e. The van der Waals surface area contributed by atoms with Gasteiger partial charge in [0.25, 0.3) is 0 Å². The summed E-state index contributed by atoms with van der Waals surface area (Å²) in [6.07, 6.45) is 1.65. The zero-order valence-corrected chi connectivity index (χ0v) is 18.1. The third-order valence-corrected chi connectivity index (χ3v) is 5.01. The summed E-state index contributed by atoms with van der Waals surface area (Å²) in [4.78, 5) is 16.6. The Labute approximate surface area is 186 Å². The van der Waals surface area contributed by atoms with Gasteiger partial charge in [0, 0.05) is 17.6 Å². The monoisotopic (exact) mass is 429 g/mol. The van der Waals surface area contributed by atoms with E-state index >= 15 is 0 Å². The van der Waals surface area contributed by atoms with Gasteiger partial charge in [-0.1, -0.05) is 30.3 Å². The molecule has 0 unspecified atom stereocenters. The molecule has 4 aromatic rings. The van der Waals surface area contributed by atoms with Crippen molar-refractivity contribution in [3.8, 4) is 28.7 Å². The fourth-order valence-corrected chi connectivity index (χ4v) is 3.34. The second-order valence-corrected chi connectivity index (χ2v) is 7.12. The first-order valence-corrected chi connectivity index (χ1v) is 10.1. The lowest BCUT2D eigenvalue weighted by Gasteiger charge is -2.15. The van der Waals surface area contributed by atoms with Crippen LogP contribution in [0.5, 0.6) is 28.7 Å². The second kappa shape index (κ2) is 9.39. The SMILES string of the molecule is COc1ccc(Oc2ccnc3cc(OCc4ccccc4)c(OC)cc23)c(C(C)=O)c1. The second-order valence-electron chi connectivity index (χ2n) is 7.12. The Morgan fingerprint density at radius 3 is 2.38 bits per heavy atom. The zero-order valence-electron chi connectivity index (χ0n) is 18.1. The molecule has 3 aromatic carbocycles. The van der Waals surface area contributed by atoms with E-state index in [2.05, 4.69) is 4.98 Å². The number of Topliss-reactive ketones (excluding diaryl/α,β-unsaturated/α-hetero) is 1. The predicted octanol–water partition coefficient (Wildman–Crippen LogP) is 5.83. The highest BCUT2D eigenvalue weighted by Gasteiger charge is 2.15. The number of aromatic nitrogens is 1. The highest BCUT2D eigenvalue weighted by molar-refractivity contribution is 5.97. The van der Waals surface area contributed by atoms with Crippen molar-refractivity contribution < 1.29 is 23.7 Å².